The van der Waals surface area contributed by atoms with Crippen molar-refractivity contribution in [2.45, 2.75) is 171 Å². The fourth-order valence-electron chi connectivity index (χ4n) is 6.80. The number of carboxylic acid groups (broad SMARTS) is 1. The number of anilines is 2. The van der Waals surface area contributed by atoms with Gasteiger partial charge < -0.3 is 61.2 Å². The predicted octanol–water partition coefficient (Wildman–Crippen LogP) is 9.94. The van der Waals surface area contributed by atoms with E-state index in [0.717, 1.165) is 33.4 Å². The van der Waals surface area contributed by atoms with Crippen LogP contribution >= 0.6 is 35.6 Å². The Labute approximate surface area is 688 Å². The number of halogens is 5. The summed E-state index contributed by atoms with van der Waals surface area (Å²) in [6, 6.07) is 25.8. The molecule has 0 aliphatic carbocycles. The van der Waals surface area contributed by atoms with Crippen LogP contribution in [-0.4, -0.2) is 128 Å². The van der Waals surface area contributed by atoms with Gasteiger partial charge in [-0.05, 0) is 134 Å². The van der Waals surface area contributed by atoms with Crippen LogP contribution in [0.15, 0.2) is 97.1 Å². The van der Waals surface area contributed by atoms with E-state index in [-0.39, 0.29) is 105 Å². The third kappa shape index (κ3) is 35.6. The average molecular weight is 1580 g/mol. The van der Waals surface area contributed by atoms with Crippen LogP contribution in [0.2, 0.25) is 10.3 Å². The molecule has 6 aromatic rings. The van der Waals surface area contributed by atoms with Crippen molar-refractivity contribution in [1.82, 2.24) is 30.5 Å². The molecule has 96 heavy (non-hydrogen) atoms. The number of pyridine rings is 4. The van der Waals surface area contributed by atoms with Gasteiger partial charge in [-0.1, -0.05) is 135 Å². The summed E-state index contributed by atoms with van der Waals surface area (Å²) in [5, 5.41) is 21.4. The Hall–Kier alpha value is -5.11. The molecule has 3 N–H and O–H groups in total. The van der Waals surface area contributed by atoms with Crippen LogP contribution in [0, 0.1) is 36.9 Å². The zero-order valence-corrected chi connectivity index (χ0v) is 60.0. The van der Waals surface area contributed by atoms with Crippen molar-refractivity contribution in [2.75, 3.05) is 38.1 Å². The first-order valence-electron chi connectivity index (χ1n) is 49.1. The number of hydrogen-bond acceptors (Lipinski definition) is 15. The number of carbonyl (C=O) groups is 7. The number of amides is 3. The van der Waals surface area contributed by atoms with Gasteiger partial charge in [-0.15, -0.1) is 12.4 Å². The summed E-state index contributed by atoms with van der Waals surface area (Å²) in [7, 11) is 5.42. The summed E-state index contributed by atoms with van der Waals surface area (Å²) in [5.41, 5.74) is 4.83. The summed E-state index contributed by atoms with van der Waals surface area (Å²) in [5.74, 6) is -24.0. The van der Waals surface area contributed by atoms with Crippen molar-refractivity contribution >= 4 is 133 Å². The fraction of sp³-hybridized carbons (Fsp3) is 0.493. The molecular formula is C71H102Br2Cl3MgN8O11-. The van der Waals surface area contributed by atoms with Crippen LogP contribution < -0.4 is 49.2 Å². The van der Waals surface area contributed by atoms with Crippen LogP contribution in [0.3, 0.4) is 0 Å². The van der Waals surface area contributed by atoms with Gasteiger partial charge in [-0.2, -0.15) is 0 Å². The molecule has 530 valence electrons. The number of hydroxylamine groups is 3. The number of fused-ring (bicyclic) bond motifs is 4. The van der Waals surface area contributed by atoms with Crippen LogP contribution in [-0.2, 0) is 33.6 Å². The van der Waals surface area contributed by atoms with E-state index in [9.17, 15) is 38.7 Å². The molecule has 2 aliphatic heterocycles. The van der Waals surface area contributed by atoms with Crippen molar-refractivity contribution in [3.8, 4) is 0 Å². The zero-order chi connectivity index (χ0) is 109. The molecule has 19 nitrogen and oxygen atoms in total. The molecule has 0 spiro atoms. The van der Waals surface area contributed by atoms with E-state index in [1.54, 1.807) is 111 Å². The van der Waals surface area contributed by atoms with Crippen molar-refractivity contribution in [2.24, 2.45) is 29.5 Å². The Morgan fingerprint density at radius 1 is 0.635 bits per heavy atom. The van der Waals surface area contributed by atoms with E-state index < -0.39 is 201 Å². The monoisotopic (exact) mass is 1580 g/mol. The van der Waals surface area contributed by atoms with Gasteiger partial charge >= 0.3 is 29.0 Å². The third-order valence-electron chi connectivity index (χ3n) is 10.8. The number of nitrogens with zero attached hydrogens (tertiary/aromatic N) is 7. The van der Waals surface area contributed by atoms with E-state index in [0.29, 0.717) is 57.6 Å². The first-order valence-corrected chi connectivity index (χ1v) is 26.8. The summed E-state index contributed by atoms with van der Waals surface area (Å²) in [6.45, 7) is -20.0. The summed E-state index contributed by atoms with van der Waals surface area (Å²) < 4.78 is 340. The van der Waals surface area contributed by atoms with Gasteiger partial charge in [0.1, 0.15) is 39.3 Å². The second-order valence-electron chi connectivity index (χ2n) is 17.6. The molecular weight excluding hydrogens is 1430 g/mol. The van der Waals surface area contributed by atoms with Gasteiger partial charge in [0.25, 0.3) is 11.8 Å². The number of nitrogens with one attached hydrogen (secondary N) is 1. The number of aliphatic hydroxyl groups is 1. The molecule has 0 radical (unpaired) electrons. The van der Waals surface area contributed by atoms with E-state index in [1.807, 2.05) is 0 Å². The standard InChI is InChI=1S/C23H22ClN3O2.C16H10ClN3O2.C8H17NO2.C8H16O.C7H14O.C6H12O2.C2H7NO.CH3.2BrH.ClH.Mg/c1-14(2)7-10-16(28)13-19-17-5-3-4-6-18(17)23(29)27(19)21-12-9-15-8-11-20(24)25-22(15)26-21;17-12-7-5-9-6-8-13(19-14(9)18-12)20-15(21)10-3-1-2-4-11(10)16(20)22;1-7(2)5-6-8(10)9(3)11-4;1-4-8(9)6-5-7(2)3;1-6(2)4-5-7(3)8;1-5(2)3-4-6(7)8;1-3-4-2;;;;;/h3-6,8-9,11-12,14,19H,7,10,13H2,1-2H3;1-8,15,21H;7H,5-6H2,1-4H3;7H,4-6H2,1-3H3;6H,4-5H2,1-3H3;5H,3-4H2,1-2H3,(H,7,8);3H,1-2H3;1H3;3*1H;/q;;;;;;;-1;;;;+2/p-2/i1D3,7D2,10D2,14D;;1D3,5D2,6D2,7D;2D3,3D3,5D2,6D2,7D;1D3,2D3,4D2,5D2,6D;1D3,3D2,4D2,5D;;;;;;. The Kier molecular flexibility index (Phi) is 22.5. The van der Waals surface area contributed by atoms with Crippen LogP contribution in [0.25, 0.3) is 22.1 Å². The number of ketones is 3. The van der Waals surface area contributed by atoms with Crippen molar-refractivity contribution in [1.29, 1.82) is 0 Å². The number of aliphatic carboxylic acids is 1. The number of carbonyl (C=O) groups excluding carboxylic acids is 6. The number of hydrogen-bond donors (Lipinski definition) is 3. The quantitative estimate of drug-likeness (QED) is 0.0247. The Bertz CT molecular complexity index is 5310. The van der Waals surface area contributed by atoms with Crippen LogP contribution in [0.1, 0.15) is 266 Å². The number of aromatic nitrogens is 4. The minimum absolute atomic E-state index is 0. The van der Waals surface area contributed by atoms with Crippen molar-refractivity contribution < 1.29 is 150 Å². The molecule has 0 saturated heterocycles. The maximum Gasteiger partial charge on any atom is 2.00 e. The van der Waals surface area contributed by atoms with Gasteiger partial charge in [0.15, 0.2) is 17.5 Å². The molecule has 0 bridgehead atoms. The molecule has 5 unspecified atom stereocenters. The molecule has 2 aromatic carbocycles. The molecule has 6 heterocycles. The minimum atomic E-state index is -3.78. The number of carboxylic acids is 1. The normalized spacial score (nSPS) is 24.4. The van der Waals surface area contributed by atoms with E-state index >= 15 is 0 Å². The second kappa shape index (κ2) is 52.0. The molecule has 0 fully saturated rings. The first-order chi connectivity index (χ1) is 60.8. The predicted molar refractivity (Wildman–Crippen MR) is 382 cm³/mol. The van der Waals surface area contributed by atoms with Crippen molar-refractivity contribution in [3.05, 3.63) is 137 Å². The Morgan fingerprint density at radius 2 is 1.03 bits per heavy atom. The van der Waals surface area contributed by atoms with Gasteiger partial charge in [-0.3, -0.25) is 43.4 Å². The molecule has 8 rings (SSSR count). The first kappa shape index (κ1) is 41.6. The van der Waals surface area contributed by atoms with E-state index in [1.165, 1.54) is 16.7 Å². The Balaban J connectivity index is -0.000000813. The van der Waals surface area contributed by atoms with E-state index in [2.05, 4.69) is 35.1 Å². The largest absolute Gasteiger partial charge is 2.00 e. The van der Waals surface area contributed by atoms with Gasteiger partial charge in [0.2, 0.25) is 5.91 Å². The fourth-order valence-corrected chi connectivity index (χ4v) is 7.09. The SMILES string of the molecule is CNOC.Cl.O=C1c2ccccc2C(O)N1c1ccc2ccc(Cl)nc2n1.[2H]C([2H])([2H])C([2H])(C([2H])([2H])[2H])C([2H])([2H])C([2H])([2H])C(=O)CC.[2H]C([2H])([2H])C([2H])(C([2H])([2H])[2H])C([2H])([2H])C([2H])([2H])C(C)=O.[2H]C([2H])([2H])C([2H])(C)C([2H])([2H])C([2H])([2H])C(=O)CC1c2ccccc2C(=O)N1c1ccc2ccc(Cl)nc2n1.[2H]C([2H])([2H])C([2H])(C)C([2H])([2H])C([2H])([2H])C(=O)N(C)OC.[2H]C([2H])([2H])C([2H])(C)C([2H])([2H])C([2H])([2H])C(=O)O.[Br-].[Br-].[CH3-].[Mg+2]. The molecule has 2 aliphatic rings. The van der Waals surface area contributed by atoms with Crippen molar-refractivity contribution in [3.63, 3.8) is 0 Å². The number of Topliss-reactive ketones (excluding diaryl/α,β-unsaturated/α-hetero) is 3. The number of rotatable bonds is 22. The topological polar surface area (TPSA) is 252 Å². The molecule has 25 heteroatoms. The van der Waals surface area contributed by atoms with Crippen LogP contribution in [0.5, 0.6) is 0 Å². The average Bonchev–Trinajstić information content (AvgIpc) is 0.767. The molecule has 5 atom stereocenters. The summed E-state index contributed by atoms with van der Waals surface area (Å²) in [6.07, 6.45) is -36.6. The van der Waals surface area contributed by atoms with Gasteiger partial charge in [0, 0.05) is 149 Å². The molecule has 0 saturated carbocycles. The zero-order valence-electron chi connectivity index (χ0n) is 99.1. The van der Waals surface area contributed by atoms with Gasteiger partial charge in [-0.25, -0.2) is 30.5 Å². The minimum Gasteiger partial charge on any atom is -1.00 e. The van der Waals surface area contributed by atoms with E-state index in [4.69, 9.17) is 91.4 Å². The number of aliphatic hydroxyl groups excluding tert-OH is 1. The third-order valence-corrected chi connectivity index (χ3v) is 11.2. The number of benzene rings is 2. The second-order valence-corrected chi connectivity index (χ2v) is 18.4. The summed E-state index contributed by atoms with van der Waals surface area (Å²) in [4.78, 5) is 112. The van der Waals surface area contributed by atoms with Gasteiger partial charge in [0.05, 0.1) is 20.3 Å². The Morgan fingerprint density at radius 3 is 1.47 bits per heavy atom. The maximum atomic E-state index is 13.4. The smallest absolute Gasteiger partial charge is 1.00 e. The molecule has 3 amide bonds. The maximum absolute atomic E-state index is 13.4. The van der Waals surface area contributed by atoms with Crippen LogP contribution in [0.4, 0.5) is 11.6 Å². The molecule has 4 aromatic heterocycles. The summed E-state index contributed by atoms with van der Waals surface area (Å²) >= 11 is 11.9.